The van der Waals surface area contributed by atoms with Crippen LogP contribution in [0.3, 0.4) is 0 Å². The summed E-state index contributed by atoms with van der Waals surface area (Å²) in [6, 6.07) is -3.61. The summed E-state index contributed by atoms with van der Waals surface area (Å²) >= 11 is 0. The van der Waals surface area contributed by atoms with E-state index in [0.717, 1.165) is 0 Å². The number of nitrogens with one attached hydrogen (secondary N) is 1. The van der Waals surface area contributed by atoms with Crippen molar-refractivity contribution in [3.8, 4) is 0 Å². The Kier molecular flexibility index (Phi) is 11.8. The average Bonchev–Trinajstić information content (AvgIpc) is 2.73. The highest BCUT2D eigenvalue weighted by Crippen LogP contribution is 2.29. The van der Waals surface area contributed by atoms with Gasteiger partial charge in [-0.1, -0.05) is 10.2 Å². The second-order valence-electron chi connectivity index (χ2n) is 8.76. The molecule has 16 nitrogen and oxygen atoms in total. The molecule has 3 unspecified atom stereocenters. The van der Waals surface area contributed by atoms with Gasteiger partial charge in [-0.3, -0.25) is 0 Å². The average molecular weight is 492 g/mol. The number of hydrogen-bond acceptors (Lipinski definition) is 11. The van der Waals surface area contributed by atoms with Crippen LogP contribution in [0.1, 0.15) is 34.1 Å². The number of carbonyl (C=O) groups excluding carboxylic acids is 1. The molecule has 0 aromatic heterocycles. The molecule has 194 valence electrons. The highest BCUT2D eigenvalue weighted by Gasteiger charge is 2.47. The first-order valence-electron chi connectivity index (χ1n) is 10.5. The number of hydrogen-bond donors (Lipinski definition) is 6. The summed E-state index contributed by atoms with van der Waals surface area (Å²) in [6.07, 6.45) is -9.85. The van der Waals surface area contributed by atoms with Crippen molar-refractivity contribution in [2.45, 2.75) is 94.7 Å². The number of azide groups is 2. The number of rotatable bonds is 11. The van der Waals surface area contributed by atoms with Crippen molar-refractivity contribution < 1.29 is 44.5 Å². The van der Waals surface area contributed by atoms with Gasteiger partial charge in [-0.2, -0.15) is 0 Å². The molecule has 0 aromatic rings. The van der Waals surface area contributed by atoms with Crippen LogP contribution in [-0.2, 0) is 14.2 Å². The lowest BCUT2D eigenvalue weighted by atomic mass is 9.84. The molecule has 34 heavy (non-hydrogen) atoms. The molecule has 1 amide bonds. The Hall–Kier alpha value is -2.39. The minimum absolute atomic E-state index is 0.177. The van der Waals surface area contributed by atoms with Gasteiger partial charge < -0.3 is 45.1 Å². The van der Waals surface area contributed by atoms with Crippen LogP contribution in [0.25, 0.3) is 20.9 Å². The molecule has 0 bridgehead atoms. The van der Waals surface area contributed by atoms with E-state index in [2.05, 4.69) is 25.4 Å². The lowest BCUT2D eigenvalue weighted by Gasteiger charge is -2.43. The predicted octanol–water partition coefficient (Wildman–Crippen LogP) is -0.175. The summed E-state index contributed by atoms with van der Waals surface area (Å²) in [6.45, 7) is 4.80. The zero-order valence-corrected chi connectivity index (χ0v) is 19.4. The molecule has 1 saturated carbocycles. The van der Waals surface area contributed by atoms with E-state index in [4.69, 9.17) is 25.3 Å². The van der Waals surface area contributed by atoms with Crippen LogP contribution in [-0.4, -0.2) is 105 Å². The largest absolute Gasteiger partial charge is 0.444 e. The Bertz CT molecular complexity index is 753. The summed E-state index contributed by atoms with van der Waals surface area (Å²) in [5.74, 6) is 0. The third-order valence-electron chi connectivity index (χ3n) is 4.89. The van der Waals surface area contributed by atoms with Crippen LogP contribution in [0.2, 0.25) is 0 Å². The smallest absolute Gasteiger partial charge is 0.407 e. The number of nitrogens with zero attached hydrogens (tertiary/aromatic N) is 6. The van der Waals surface area contributed by atoms with E-state index >= 15 is 0 Å². The Morgan fingerprint density at radius 2 is 1.82 bits per heavy atom. The zero-order valence-electron chi connectivity index (χ0n) is 19.4. The highest BCUT2D eigenvalue weighted by atomic mass is 16.7. The summed E-state index contributed by atoms with van der Waals surface area (Å²) in [4.78, 5) is 17.4. The van der Waals surface area contributed by atoms with Crippen LogP contribution in [0, 0.1) is 0 Å². The van der Waals surface area contributed by atoms with Gasteiger partial charge in [-0.25, -0.2) is 4.79 Å². The van der Waals surface area contributed by atoms with E-state index in [1.165, 1.54) is 6.92 Å². The van der Waals surface area contributed by atoms with Gasteiger partial charge in [0.05, 0.1) is 37.5 Å². The minimum Gasteiger partial charge on any atom is -0.444 e. The Balaban J connectivity index is 3.18. The normalized spacial score (nSPS) is 28.4. The quantitative estimate of drug-likeness (QED) is 0.0968. The third-order valence-corrected chi connectivity index (χ3v) is 4.89. The van der Waals surface area contributed by atoms with Crippen molar-refractivity contribution in [1.82, 2.24) is 5.32 Å². The number of carbonyl (C=O) groups is 1. The van der Waals surface area contributed by atoms with Crippen molar-refractivity contribution in [1.29, 1.82) is 0 Å². The molecular formula is C18H33N7O9. The molecule has 0 spiro atoms. The number of alkyl carbamates (subject to hydrolysis) is 1. The molecule has 6 N–H and O–H groups in total. The molecule has 1 aliphatic carbocycles. The fraction of sp³-hybridized carbons (Fsp3) is 0.944. The van der Waals surface area contributed by atoms with Gasteiger partial charge in [-0.15, -0.1) is 0 Å². The molecule has 1 fully saturated rings. The molecule has 0 radical (unpaired) electrons. The Labute approximate surface area is 195 Å². The molecule has 1 rings (SSSR count). The Morgan fingerprint density at radius 1 is 1.18 bits per heavy atom. The van der Waals surface area contributed by atoms with E-state index < -0.39 is 79.8 Å². The topological polar surface area (TPSA) is 255 Å². The second kappa shape index (κ2) is 13.5. The van der Waals surface area contributed by atoms with Crippen LogP contribution < -0.4 is 5.32 Å². The lowest BCUT2D eigenvalue weighted by molar-refractivity contribution is -0.256. The zero-order chi connectivity index (χ0) is 26.1. The van der Waals surface area contributed by atoms with Gasteiger partial charge in [0.1, 0.15) is 30.0 Å². The van der Waals surface area contributed by atoms with Crippen LogP contribution in [0.5, 0.6) is 0 Å². The first kappa shape index (κ1) is 29.6. The van der Waals surface area contributed by atoms with Crippen LogP contribution >= 0.6 is 0 Å². The monoisotopic (exact) mass is 491 g/mol. The number of aliphatic hydroxyl groups is 5. The number of aliphatic hydroxyl groups excluding tert-OH is 5. The molecule has 0 aromatic carbocycles. The van der Waals surface area contributed by atoms with E-state index in [1.54, 1.807) is 20.8 Å². The maximum atomic E-state index is 12.1. The first-order chi connectivity index (χ1) is 15.9. The van der Waals surface area contributed by atoms with Crippen molar-refractivity contribution >= 4 is 6.09 Å². The van der Waals surface area contributed by atoms with Crippen LogP contribution in [0.4, 0.5) is 4.79 Å². The molecule has 0 heterocycles. The third kappa shape index (κ3) is 8.76. The van der Waals surface area contributed by atoms with Gasteiger partial charge >= 0.3 is 6.09 Å². The summed E-state index contributed by atoms with van der Waals surface area (Å²) in [5, 5.41) is 59.5. The molecule has 16 heteroatoms. The van der Waals surface area contributed by atoms with Gasteiger partial charge in [0.25, 0.3) is 0 Å². The number of amides is 1. The maximum absolute atomic E-state index is 12.1. The maximum Gasteiger partial charge on any atom is 0.407 e. The molecule has 9 atom stereocenters. The fourth-order valence-corrected chi connectivity index (χ4v) is 3.24. The molecule has 0 saturated heterocycles. The van der Waals surface area contributed by atoms with Crippen molar-refractivity contribution in [3.05, 3.63) is 20.9 Å². The summed E-state index contributed by atoms with van der Waals surface area (Å²) < 4.78 is 16.3. The van der Waals surface area contributed by atoms with Crippen molar-refractivity contribution in [2.24, 2.45) is 10.2 Å². The summed E-state index contributed by atoms with van der Waals surface area (Å²) in [7, 11) is 0. The van der Waals surface area contributed by atoms with E-state index in [9.17, 15) is 30.3 Å². The van der Waals surface area contributed by atoms with Gasteiger partial charge in [-0.05, 0) is 45.2 Å². The summed E-state index contributed by atoms with van der Waals surface area (Å²) in [5.41, 5.74) is 16.9. The lowest BCUT2D eigenvalue weighted by Crippen LogP contribution is -2.62. The van der Waals surface area contributed by atoms with E-state index in [1.807, 2.05) is 0 Å². The second-order valence-corrected chi connectivity index (χ2v) is 8.76. The van der Waals surface area contributed by atoms with Crippen LogP contribution in [0.15, 0.2) is 10.2 Å². The van der Waals surface area contributed by atoms with E-state index in [-0.39, 0.29) is 6.42 Å². The Morgan fingerprint density at radius 3 is 2.29 bits per heavy atom. The fourth-order valence-electron chi connectivity index (χ4n) is 3.24. The highest BCUT2D eigenvalue weighted by molar-refractivity contribution is 5.68. The van der Waals surface area contributed by atoms with Gasteiger partial charge in [0.2, 0.25) is 0 Å². The van der Waals surface area contributed by atoms with Gasteiger partial charge in [0.15, 0.2) is 6.29 Å². The number of ether oxygens (including phenoxy) is 3. The predicted molar refractivity (Wildman–Crippen MR) is 115 cm³/mol. The first-order valence-corrected chi connectivity index (χ1v) is 10.5. The van der Waals surface area contributed by atoms with Crippen molar-refractivity contribution in [3.63, 3.8) is 0 Å². The van der Waals surface area contributed by atoms with Gasteiger partial charge in [0, 0.05) is 9.82 Å². The molecular weight excluding hydrogens is 458 g/mol. The minimum atomic E-state index is -1.74. The molecule has 1 aliphatic rings. The standard InChI is InChI=1S/C18H33N7O9/c1-8(28)12(7-27)32-16(11(6-26)23-25-20)33-15-10(22-24-19)5-9(13(29)14(15)30)21-17(31)34-18(2,3)4/h8-16,26-30H,5-7H2,1-4H3,(H,21,31)/t8-,9+,10?,11+,12?,13+,14?,15+,16+/m0/s1. The molecule has 0 aliphatic heterocycles. The van der Waals surface area contributed by atoms with E-state index in [0.29, 0.717) is 0 Å². The van der Waals surface area contributed by atoms with Crippen molar-refractivity contribution in [2.75, 3.05) is 13.2 Å². The SMILES string of the molecule is C[C@H](O)C(CO)O[C@H](O[C@@H]1C(N=[N+]=[N-])C[C@@H](NC(=O)OC(C)(C)C)[C@@H](O)C1O)[C@@H](CO)N=[N+]=[N-].